The fraction of sp³-hybridized carbons (Fsp3) is 0.174. The van der Waals surface area contributed by atoms with Crippen LogP contribution in [-0.4, -0.2) is 40.5 Å². The Hall–Kier alpha value is -4.51. The number of fused-ring (bicyclic) bond motifs is 1. The van der Waals surface area contributed by atoms with Gasteiger partial charge in [0, 0.05) is 17.7 Å². The summed E-state index contributed by atoms with van der Waals surface area (Å²) in [6, 6.07) is 17.7. The Balaban J connectivity index is 1.84. The van der Waals surface area contributed by atoms with E-state index in [0.29, 0.717) is 22.8 Å². The van der Waals surface area contributed by atoms with Gasteiger partial charge in [0.05, 0.1) is 41.3 Å². The molecule has 0 aliphatic carbocycles. The number of hydrogen-bond donors (Lipinski definition) is 2. The van der Waals surface area contributed by atoms with Crippen molar-refractivity contribution in [2.75, 3.05) is 19.1 Å². The molecule has 11 nitrogen and oxygen atoms in total. The first kappa shape index (κ1) is 22.7. The molecule has 0 bridgehead atoms. The molecular formula is C23H20N4O7. The molecule has 11 heteroatoms. The molecule has 3 aromatic carbocycles. The van der Waals surface area contributed by atoms with E-state index in [9.17, 15) is 25.3 Å². The minimum absolute atomic E-state index is 0.0167. The highest BCUT2D eigenvalue weighted by atomic mass is 16.6. The van der Waals surface area contributed by atoms with E-state index in [1.807, 2.05) is 30.3 Å². The lowest BCUT2D eigenvalue weighted by molar-refractivity contribution is -0.393. The zero-order valence-corrected chi connectivity index (χ0v) is 18.0. The van der Waals surface area contributed by atoms with Gasteiger partial charge in [-0.25, -0.2) is 0 Å². The third-order valence-electron chi connectivity index (χ3n) is 5.43. The predicted octanol–water partition coefficient (Wildman–Crippen LogP) is 3.86. The lowest BCUT2D eigenvalue weighted by Gasteiger charge is -2.34. The zero-order chi connectivity index (χ0) is 24.2. The normalized spacial score (nSPS) is 18.0. The van der Waals surface area contributed by atoms with Crippen LogP contribution in [0.2, 0.25) is 0 Å². The van der Waals surface area contributed by atoms with Crippen molar-refractivity contribution in [2.24, 2.45) is 5.10 Å². The lowest BCUT2D eigenvalue weighted by atomic mass is 9.83. The third kappa shape index (κ3) is 4.36. The van der Waals surface area contributed by atoms with Crippen LogP contribution in [-0.2, 0) is 0 Å². The Morgan fingerprint density at radius 1 is 1.06 bits per heavy atom. The summed E-state index contributed by atoms with van der Waals surface area (Å²) in [5.74, 6) is 0.480. The van der Waals surface area contributed by atoms with Crippen molar-refractivity contribution in [1.29, 1.82) is 0 Å². The number of methoxy groups -OCH3 is 1. The van der Waals surface area contributed by atoms with Gasteiger partial charge in [0.2, 0.25) is 0 Å². The second-order valence-corrected chi connectivity index (χ2v) is 7.41. The standard InChI is InChI=1S/C23H20N4O7/c1-33-16-8-9-17-20(12-16)34-21(13-28)22(14-5-3-2-4-6-14)23(17)25-24-18-10-7-15(26(29)30)11-19(18)27(31)32/h2-12,21-22,24,28H,13H2,1H3. The summed E-state index contributed by atoms with van der Waals surface area (Å²) in [4.78, 5) is 21.1. The lowest BCUT2D eigenvalue weighted by Crippen LogP contribution is -2.39. The van der Waals surface area contributed by atoms with E-state index in [4.69, 9.17) is 9.47 Å². The summed E-state index contributed by atoms with van der Waals surface area (Å²) in [5.41, 5.74) is 3.69. The van der Waals surface area contributed by atoms with Crippen molar-refractivity contribution in [2.45, 2.75) is 12.0 Å². The first-order chi connectivity index (χ1) is 16.4. The second-order valence-electron chi connectivity index (χ2n) is 7.41. The Bertz CT molecular complexity index is 1260. The Labute approximate surface area is 193 Å². The van der Waals surface area contributed by atoms with Crippen LogP contribution in [0, 0.1) is 20.2 Å². The topological polar surface area (TPSA) is 149 Å². The second kappa shape index (κ2) is 9.55. The van der Waals surface area contributed by atoms with Gasteiger partial charge in [-0.2, -0.15) is 5.10 Å². The number of hydrazone groups is 1. The van der Waals surface area contributed by atoms with Gasteiger partial charge in [0.15, 0.2) is 0 Å². The number of ether oxygens (including phenoxy) is 2. The smallest absolute Gasteiger partial charge is 0.301 e. The first-order valence-corrected chi connectivity index (χ1v) is 10.2. The summed E-state index contributed by atoms with van der Waals surface area (Å²) >= 11 is 0. The van der Waals surface area contributed by atoms with E-state index < -0.39 is 33.2 Å². The van der Waals surface area contributed by atoms with Gasteiger partial charge in [-0.05, 0) is 23.8 Å². The largest absolute Gasteiger partial charge is 0.497 e. The highest BCUT2D eigenvalue weighted by Crippen LogP contribution is 2.39. The fourth-order valence-corrected chi connectivity index (χ4v) is 3.82. The van der Waals surface area contributed by atoms with E-state index >= 15 is 0 Å². The van der Waals surface area contributed by atoms with Crippen molar-refractivity contribution >= 4 is 22.8 Å². The maximum absolute atomic E-state index is 11.5. The fourth-order valence-electron chi connectivity index (χ4n) is 3.82. The third-order valence-corrected chi connectivity index (χ3v) is 5.43. The highest BCUT2D eigenvalue weighted by Gasteiger charge is 2.37. The molecule has 2 atom stereocenters. The number of rotatable bonds is 7. The number of aliphatic hydroxyl groups is 1. The molecule has 0 fully saturated rings. The predicted molar refractivity (Wildman–Crippen MR) is 124 cm³/mol. The average Bonchev–Trinajstić information content (AvgIpc) is 2.86. The summed E-state index contributed by atoms with van der Waals surface area (Å²) in [6.45, 7) is -0.313. The average molecular weight is 464 g/mol. The van der Waals surface area contributed by atoms with E-state index in [1.54, 1.807) is 18.2 Å². The van der Waals surface area contributed by atoms with Crippen LogP contribution in [0.15, 0.2) is 71.8 Å². The van der Waals surface area contributed by atoms with Gasteiger partial charge in [0.25, 0.3) is 5.69 Å². The van der Waals surface area contributed by atoms with Crippen LogP contribution in [0.1, 0.15) is 17.0 Å². The number of anilines is 1. The van der Waals surface area contributed by atoms with E-state index in [1.165, 1.54) is 13.2 Å². The Morgan fingerprint density at radius 2 is 1.82 bits per heavy atom. The molecular weight excluding hydrogens is 444 g/mol. The van der Waals surface area contributed by atoms with Gasteiger partial charge in [-0.15, -0.1) is 0 Å². The van der Waals surface area contributed by atoms with Crippen molar-refractivity contribution in [1.82, 2.24) is 0 Å². The molecule has 1 aliphatic rings. The van der Waals surface area contributed by atoms with Crippen LogP contribution in [0.5, 0.6) is 11.5 Å². The quantitative estimate of drug-likeness (QED) is 0.395. The van der Waals surface area contributed by atoms with Crippen molar-refractivity contribution in [3.63, 3.8) is 0 Å². The summed E-state index contributed by atoms with van der Waals surface area (Å²) < 4.78 is 11.3. The van der Waals surface area contributed by atoms with Crippen LogP contribution in [0.3, 0.4) is 0 Å². The molecule has 4 rings (SSSR count). The van der Waals surface area contributed by atoms with Gasteiger partial charge in [-0.1, -0.05) is 30.3 Å². The van der Waals surface area contributed by atoms with E-state index in [-0.39, 0.29) is 12.3 Å². The van der Waals surface area contributed by atoms with Crippen molar-refractivity contribution in [3.8, 4) is 11.5 Å². The first-order valence-electron chi connectivity index (χ1n) is 10.2. The highest BCUT2D eigenvalue weighted by molar-refractivity contribution is 6.09. The zero-order valence-electron chi connectivity index (χ0n) is 18.0. The maximum Gasteiger partial charge on any atom is 0.301 e. The number of nitro groups is 2. The Kier molecular flexibility index (Phi) is 6.37. The van der Waals surface area contributed by atoms with Crippen LogP contribution in [0.25, 0.3) is 0 Å². The molecule has 1 heterocycles. The molecule has 0 saturated heterocycles. The number of benzene rings is 3. The maximum atomic E-state index is 11.5. The molecule has 3 aromatic rings. The molecule has 0 aromatic heterocycles. The van der Waals surface area contributed by atoms with Crippen molar-refractivity contribution in [3.05, 3.63) is 98.1 Å². The molecule has 34 heavy (non-hydrogen) atoms. The van der Waals surface area contributed by atoms with Crippen molar-refractivity contribution < 1.29 is 24.4 Å². The number of non-ortho nitro benzene ring substituents is 1. The van der Waals surface area contributed by atoms with Crippen LogP contribution in [0.4, 0.5) is 17.1 Å². The molecule has 2 unspecified atom stereocenters. The number of nitro benzene ring substituents is 2. The molecule has 0 radical (unpaired) electrons. The summed E-state index contributed by atoms with van der Waals surface area (Å²) in [6.07, 6.45) is -0.686. The van der Waals surface area contributed by atoms with Gasteiger partial charge >= 0.3 is 5.69 Å². The van der Waals surface area contributed by atoms with E-state index in [2.05, 4.69) is 10.5 Å². The molecule has 0 spiro atoms. The molecule has 0 saturated carbocycles. The molecule has 0 amide bonds. The number of aliphatic hydroxyl groups excluding tert-OH is 1. The van der Waals surface area contributed by atoms with Crippen LogP contribution < -0.4 is 14.9 Å². The molecule has 1 aliphatic heterocycles. The summed E-state index contributed by atoms with van der Waals surface area (Å²) in [5, 5.41) is 37.1. The number of nitrogens with one attached hydrogen (secondary N) is 1. The minimum Gasteiger partial charge on any atom is -0.497 e. The summed E-state index contributed by atoms with van der Waals surface area (Å²) in [7, 11) is 1.52. The Morgan fingerprint density at radius 3 is 2.47 bits per heavy atom. The number of hydrogen-bond acceptors (Lipinski definition) is 9. The molecule has 174 valence electrons. The monoisotopic (exact) mass is 464 g/mol. The SMILES string of the molecule is COc1ccc2c(c1)OC(CO)C(c1ccccc1)C2=NNc1ccc([N+](=O)[O-])cc1[N+](=O)[O-]. The minimum atomic E-state index is -0.719. The van der Waals surface area contributed by atoms with E-state index in [0.717, 1.165) is 17.7 Å². The molecule has 2 N–H and O–H groups in total. The number of nitrogens with zero attached hydrogens (tertiary/aromatic N) is 3. The van der Waals surface area contributed by atoms with Gasteiger partial charge in [0.1, 0.15) is 23.3 Å². The van der Waals surface area contributed by atoms with Gasteiger partial charge < -0.3 is 14.6 Å². The van der Waals surface area contributed by atoms with Gasteiger partial charge in [-0.3, -0.25) is 25.7 Å². The van der Waals surface area contributed by atoms with Crippen LogP contribution >= 0.6 is 0 Å².